The zero-order chi connectivity index (χ0) is 16.8. The lowest BCUT2D eigenvalue weighted by Crippen LogP contribution is -2.28. The van der Waals surface area contributed by atoms with Crippen molar-refractivity contribution in [1.29, 1.82) is 0 Å². The Morgan fingerprint density at radius 1 is 0.667 bits per heavy atom. The smallest absolute Gasteiger partial charge is 0.231 e. The summed E-state index contributed by atoms with van der Waals surface area (Å²) in [6, 6.07) is 14.7. The predicted octanol–water partition coefficient (Wildman–Crippen LogP) is 4.45. The van der Waals surface area contributed by atoms with Gasteiger partial charge in [0.05, 0.1) is 11.1 Å². The Hall–Kier alpha value is -2.18. The molecule has 0 aliphatic carbocycles. The third kappa shape index (κ3) is 2.42. The number of benzene rings is 2. The van der Waals surface area contributed by atoms with E-state index in [9.17, 15) is 10.4 Å². The average Bonchev–Trinajstić information content (AvgIpc) is 2.53. The molecule has 0 aliphatic rings. The van der Waals surface area contributed by atoms with Crippen molar-refractivity contribution in [3.8, 4) is 11.1 Å². The Morgan fingerprint density at radius 2 is 1.08 bits per heavy atom. The van der Waals surface area contributed by atoms with Gasteiger partial charge in [0.25, 0.3) is 0 Å². The van der Waals surface area contributed by atoms with Crippen molar-refractivity contribution in [1.82, 2.24) is 0 Å². The lowest BCUT2D eigenvalue weighted by atomic mass is 9.99. The van der Waals surface area contributed by atoms with Gasteiger partial charge in [0, 0.05) is 31.9 Å². The van der Waals surface area contributed by atoms with Crippen LogP contribution in [0.5, 0.6) is 0 Å². The van der Waals surface area contributed by atoms with Gasteiger partial charge in [0.15, 0.2) is 12.4 Å². The molecule has 118 valence electrons. The van der Waals surface area contributed by atoms with E-state index < -0.39 is 0 Å². The number of fused-ring (bicyclic) bond motifs is 2. The van der Waals surface area contributed by atoms with E-state index in [1.807, 2.05) is 36.4 Å². The fraction of sp³-hybridized carbons (Fsp3) is 0. The van der Waals surface area contributed by atoms with E-state index in [-0.39, 0.29) is 0 Å². The molecule has 0 atom stereocenters. The second-order valence-corrected chi connectivity index (χ2v) is 7.28. The summed E-state index contributed by atoms with van der Waals surface area (Å²) in [6.07, 6.45) is 2.93. The van der Waals surface area contributed by atoms with E-state index in [0.29, 0.717) is 22.2 Å². The van der Waals surface area contributed by atoms with Gasteiger partial charge in [-0.1, -0.05) is 31.9 Å². The first kappa shape index (κ1) is 15.4. The molecule has 4 aromatic rings. The predicted molar refractivity (Wildman–Crippen MR) is 100 cm³/mol. The molecule has 0 saturated heterocycles. The van der Waals surface area contributed by atoms with Gasteiger partial charge in [-0.25, -0.2) is 0 Å². The Labute approximate surface area is 154 Å². The first-order valence-electron chi connectivity index (χ1n) is 7.18. The molecule has 2 aromatic carbocycles. The molecular weight excluding hydrogens is 436 g/mol. The minimum absolute atomic E-state index is 0.531. The van der Waals surface area contributed by atoms with Gasteiger partial charge in [-0.05, 0) is 36.4 Å². The van der Waals surface area contributed by atoms with Gasteiger partial charge in [-0.2, -0.15) is 9.46 Å². The molecule has 2 aromatic heterocycles. The molecule has 0 aliphatic heterocycles. The molecule has 0 radical (unpaired) electrons. The topological polar surface area (TPSA) is 53.9 Å². The van der Waals surface area contributed by atoms with E-state index in [1.165, 1.54) is 12.4 Å². The minimum atomic E-state index is 0.531. The fourth-order valence-corrected chi connectivity index (χ4v) is 3.95. The highest BCUT2D eigenvalue weighted by atomic mass is 79.9. The van der Waals surface area contributed by atoms with Crippen molar-refractivity contribution in [3.63, 3.8) is 0 Å². The van der Waals surface area contributed by atoms with Crippen LogP contribution >= 0.6 is 31.9 Å². The number of halogens is 2. The standard InChI is InChI=1S/C18H10Br2N2O2/c19-13-7-11-3-1-5-21(23)17(11)15(9-13)16-10-14(20)8-12-4-2-6-22(24)18(12)16/h1-10H. The van der Waals surface area contributed by atoms with Crippen molar-refractivity contribution in [3.05, 3.63) is 80.3 Å². The molecule has 0 N–H and O–H groups in total. The van der Waals surface area contributed by atoms with Crippen LogP contribution in [0, 0.1) is 10.4 Å². The zero-order valence-corrected chi connectivity index (χ0v) is 15.4. The van der Waals surface area contributed by atoms with Crippen LogP contribution < -0.4 is 9.46 Å². The van der Waals surface area contributed by atoms with Crippen molar-refractivity contribution in [2.45, 2.75) is 0 Å². The minimum Gasteiger partial charge on any atom is -0.618 e. The zero-order valence-electron chi connectivity index (χ0n) is 12.2. The number of rotatable bonds is 1. The molecule has 2 heterocycles. The summed E-state index contributed by atoms with van der Waals surface area (Å²) in [5.41, 5.74) is 2.47. The van der Waals surface area contributed by atoms with Crippen LogP contribution in [0.25, 0.3) is 32.9 Å². The second kappa shape index (κ2) is 5.72. The number of nitrogens with zero attached hydrogens (tertiary/aromatic N) is 2. The number of hydrogen-bond donors (Lipinski definition) is 0. The third-order valence-electron chi connectivity index (χ3n) is 3.93. The van der Waals surface area contributed by atoms with Crippen LogP contribution in [-0.2, 0) is 0 Å². The molecule has 6 heteroatoms. The summed E-state index contributed by atoms with van der Waals surface area (Å²) in [6.45, 7) is 0. The molecule has 0 fully saturated rings. The molecule has 0 saturated carbocycles. The Balaban J connectivity index is 2.22. The molecule has 0 unspecified atom stereocenters. The maximum absolute atomic E-state index is 12.4. The van der Waals surface area contributed by atoms with Gasteiger partial charge >= 0.3 is 0 Å². The summed E-state index contributed by atoms with van der Waals surface area (Å²) in [5.74, 6) is 0. The van der Waals surface area contributed by atoms with Crippen LogP contribution in [0.15, 0.2) is 69.9 Å². The molecule has 0 amide bonds. The van der Waals surface area contributed by atoms with E-state index in [4.69, 9.17) is 0 Å². The number of hydrogen-bond acceptors (Lipinski definition) is 2. The van der Waals surface area contributed by atoms with Crippen LogP contribution in [0.4, 0.5) is 0 Å². The van der Waals surface area contributed by atoms with E-state index >= 15 is 0 Å². The largest absolute Gasteiger partial charge is 0.618 e. The van der Waals surface area contributed by atoms with E-state index in [1.54, 1.807) is 12.1 Å². The quantitative estimate of drug-likeness (QED) is 0.321. The molecule has 4 nitrogen and oxygen atoms in total. The van der Waals surface area contributed by atoms with E-state index in [0.717, 1.165) is 29.2 Å². The number of pyridine rings is 2. The summed E-state index contributed by atoms with van der Waals surface area (Å²) in [4.78, 5) is 0. The average molecular weight is 446 g/mol. The Kier molecular flexibility index (Phi) is 3.66. The number of aromatic nitrogens is 2. The SMILES string of the molecule is [O-][n+]1cccc2cc(Br)cc(-c3cc(Br)cc4ccc[n+]([O-])c34)c21. The van der Waals surface area contributed by atoms with Crippen LogP contribution in [0.2, 0.25) is 0 Å². The summed E-state index contributed by atoms with van der Waals surface area (Å²) in [5, 5.41) is 26.4. The maximum atomic E-state index is 12.4. The van der Waals surface area contributed by atoms with Gasteiger partial charge in [-0.3, -0.25) is 0 Å². The van der Waals surface area contributed by atoms with Gasteiger partial charge in [0.1, 0.15) is 0 Å². The molecule has 0 bridgehead atoms. The van der Waals surface area contributed by atoms with Crippen molar-refractivity contribution < 1.29 is 9.46 Å². The van der Waals surface area contributed by atoms with Gasteiger partial charge in [-0.15, -0.1) is 0 Å². The Bertz CT molecular complexity index is 1020. The molecule has 24 heavy (non-hydrogen) atoms. The van der Waals surface area contributed by atoms with Crippen molar-refractivity contribution >= 4 is 53.7 Å². The highest BCUT2D eigenvalue weighted by Gasteiger charge is 2.20. The van der Waals surface area contributed by atoms with Crippen LogP contribution in [0.3, 0.4) is 0 Å². The highest BCUT2D eigenvalue weighted by molar-refractivity contribution is 9.10. The summed E-state index contributed by atoms with van der Waals surface area (Å²) in [7, 11) is 0. The second-order valence-electron chi connectivity index (χ2n) is 5.45. The normalized spacial score (nSPS) is 11.2. The Morgan fingerprint density at radius 3 is 1.50 bits per heavy atom. The highest BCUT2D eigenvalue weighted by Crippen LogP contribution is 2.35. The summed E-state index contributed by atoms with van der Waals surface area (Å²) >= 11 is 7.00. The maximum Gasteiger partial charge on any atom is 0.231 e. The monoisotopic (exact) mass is 444 g/mol. The fourth-order valence-electron chi connectivity index (χ4n) is 3.00. The van der Waals surface area contributed by atoms with Gasteiger partial charge in [0.2, 0.25) is 11.0 Å². The van der Waals surface area contributed by atoms with E-state index in [2.05, 4.69) is 31.9 Å². The van der Waals surface area contributed by atoms with Crippen molar-refractivity contribution in [2.75, 3.05) is 0 Å². The lowest BCUT2D eigenvalue weighted by Gasteiger charge is -2.11. The van der Waals surface area contributed by atoms with Crippen LogP contribution in [0.1, 0.15) is 0 Å². The molecule has 4 rings (SSSR count). The first-order chi connectivity index (χ1) is 11.5. The third-order valence-corrected chi connectivity index (χ3v) is 4.85. The van der Waals surface area contributed by atoms with Crippen LogP contribution in [-0.4, -0.2) is 0 Å². The summed E-state index contributed by atoms with van der Waals surface area (Å²) < 4.78 is 3.36. The lowest BCUT2D eigenvalue weighted by molar-refractivity contribution is -0.577. The molecule has 0 spiro atoms. The van der Waals surface area contributed by atoms with Gasteiger partial charge < -0.3 is 10.4 Å². The van der Waals surface area contributed by atoms with Crippen molar-refractivity contribution in [2.24, 2.45) is 0 Å². The first-order valence-corrected chi connectivity index (χ1v) is 8.76. The molecular formula is C18H10Br2N2O2.